The van der Waals surface area contributed by atoms with E-state index in [1.54, 1.807) is 24.3 Å². The maximum atomic E-state index is 12.6. The summed E-state index contributed by atoms with van der Waals surface area (Å²) in [7, 11) is -3.27. The van der Waals surface area contributed by atoms with E-state index in [0.717, 1.165) is 22.7 Å². The van der Waals surface area contributed by atoms with Gasteiger partial charge in [0.15, 0.2) is 21.3 Å². The number of carbonyl (C=O) groups excluding carboxylic acids is 2. The smallest absolute Gasteiger partial charge is 0.266 e. The molecule has 11 heteroatoms. The van der Waals surface area contributed by atoms with Crippen molar-refractivity contribution >= 4 is 56.0 Å². The second-order valence-electron chi connectivity index (χ2n) is 6.21. The number of sulfone groups is 1. The van der Waals surface area contributed by atoms with E-state index in [9.17, 15) is 18.0 Å². The van der Waals surface area contributed by atoms with Crippen LogP contribution >= 0.6 is 24.0 Å². The van der Waals surface area contributed by atoms with E-state index >= 15 is 0 Å². The third-order valence-corrected chi connectivity index (χ3v) is 6.92. The quantitative estimate of drug-likeness (QED) is 0.550. The normalized spacial score (nSPS) is 23.6. The molecule has 0 aliphatic carbocycles. The summed E-state index contributed by atoms with van der Waals surface area (Å²) in [5, 5.41) is 3.65. The lowest BCUT2D eigenvalue weighted by Crippen LogP contribution is -2.43. The van der Waals surface area contributed by atoms with Gasteiger partial charge in [0.05, 0.1) is 16.7 Å². The van der Waals surface area contributed by atoms with Crippen molar-refractivity contribution in [1.82, 2.24) is 10.2 Å². The van der Waals surface area contributed by atoms with Gasteiger partial charge in [0, 0.05) is 5.41 Å². The van der Waals surface area contributed by atoms with E-state index in [-0.39, 0.29) is 29.3 Å². The Morgan fingerprint density at radius 1 is 1.36 bits per heavy atom. The minimum absolute atomic E-state index is 0.160. The van der Waals surface area contributed by atoms with Crippen molar-refractivity contribution in [1.29, 1.82) is 0 Å². The Labute approximate surface area is 170 Å². The fourth-order valence-electron chi connectivity index (χ4n) is 2.85. The Hall–Kier alpha value is -2.37. The Bertz CT molecular complexity index is 1050. The average Bonchev–Trinajstić information content (AvgIpc) is 3.29. The van der Waals surface area contributed by atoms with Gasteiger partial charge in [0.25, 0.3) is 5.91 Å². The maximum Gasteiger partial charge on any atom is 0.266 e. The molecule has 1 aromatic carbocycles. The first-order valence-electron chi connectivity index (χ1n) is 8.16. The average molecular weight is 439 g/mol. The first-order chi connectivity index (χ1) is 13.3. The molecule has 8 nitrogen and oxygen atoms in total. The fraction of sp³-hybridized carbons (Fsp3) is 0.235. The van der Waals surface area contributed by atoms with Crippen LogP contribution in [0.3, 0.4) is 0 Å². The molecule has 0 bridgehead atoms. The van der Waals surface area contributed by atoms with Crippen LogP contribution in [0.2, 0.25) is 0 Å². The zero-order valence-corrected chi connectivity index (χ0v) is 16.7. The molecule has 0 radical (unpaired) electrons. The van der Waals surface area contributed by atoms with Gasteiger partial charge < -0.3 is 14.8 Å². The van der Waals surface area contributed by atoms with Crippen LogP contribution in [0.4, 0.5) is 0 Å². The SMILES string of the molecule is O=C(CN1C(=O)/C(=C/c2ccc3c(c2)OCO3)SC1=S)NC1C=CS(=O)(=O)C1. The summed E-state index contributed by atoms with van der Waals surface area (Å²) in [4.78, 5) is 26.4. The second-order valence-corrected chi connectivity index (χ2v) is 9.82. The first kappa shape index (κ1) is 19.0. The number of thiocarbonyl (C=S) groups is 1. The predicted octanol–water partition coefficient (Wildman–Crippen LogP) is 1.04. The molecule has 0 spiro atoms. The molecule has 3 aliphatic heterocycles. The third-order valence-electron chi connectivity index (χ3n) is 4.15. The van der Waals surface area contributed by atoms with Crippen molar-refractivity contribution in [2.75, 3.05) is 19.1 Å². The van der Waals surface area contributed by atoms with Gasteiger partial charge in [-0.3, -0.25) is 14.5 Å². The van der Waals surface area contributed by atoms with Crippen molar-refractivity contribution in [3.05, 3.63) is 40.2 Å². The molecule has 3 aliphatic rings. The summed E-state index contributed by atoms with van der Waals surface area (Å²) in [6, 6.07) is 4.71. The highest BCUT2D eigenvalue weighted by molar-refractivity contribution is 8.26. The molecule has 0 saturated carbocycles. The summed E-state index contributed by atoms with van der Waals surface area (Å²) in [5.74, 6) is 0.207. The van der Waals surface area contributed by atoms with E-state index in [2.05, 4.69) is 5.32 Å². The molecule has 0 aromatic heterocycles. The highest BCUT2D eigenvalue weighted by Crippen LogP contribution is 2.36. The van der Waals surface area contributed by atoms with Crippen LogP contribution in [-0.4, -0.2) is 54.6 Å². The molecule has 1 N–H and O–H groups in total. The minimum Gasteiger partial charge on any atom is -0.454 e. The monoisotopic (exact) mass is 438 g/mol. The number of amides is 2. The number of nitrogens with zero attached hydrogens (tertiary/aromatic N) is 1. The molecule has 28 heavy (non-hydrogen) atoms. The number of fused-ring (bicyclic) bond motifs is 1. The van der Waals surface area contributed by atoms with Gasteiger partial charge in [0.2, 0.25) is 12.7 Å². The zero-order chi connectivity index (χ0) is 19.9. The van der Waals surface area contributed by atoms with Crippen LogP contribution in [0, 0.1) is 0 Å². The fourth-order valence-corrected chi connectivity index (χ4v) is 5.34. The van der Waals surface area contributed by atoms with Gasteiger partial charge in [-0.25, -0.2) is 8.42 Å². The van der Waals surface area contributed by atoms with Crippen LogP contribution in [0.1, 0.15) is 5.56 Å². The molecule has 1 atom stereocenters. The number of thioether (sulfide) groups is 1. The molecule has 4 rings (SSSR count). The van der Waals surface area contributed by atoms with E-state index in [4.69, 9.17) is 21.7 Å². The van der Waals surface area contributed by atoms with Crippen molar-refractivity contribution in [2.24, 2.45) is 0 Å². The molecule has 2 amide bonds. The number of carbonyl (C=O) groups is 2. The van der Waals surface area contributed by atoms with E-state index in [1.165, 1.54) is 11.0 Å². The summed E-state index contributed by atoms with van der Waals surface area (Å²) in [6.45, 7) is -0.110. The van der Waals surface area contributed by atoms with Crippen molar-refractivity contribution < 1.29 is 27.5 Å². The van der Waals surface area contributed by atoms with Crippen LogP contribution in [0.25, 0.3) is 6.08 Å². The van der Waals surface area contributed by atoms with Crippen molar-refractivity contribution in [3.63, 3.8) is 0 Å². The number of benzene rings is 1. The molecule has 1 unspecified atom stereocenters. The number of rotatable bonds is 4. The van der Waals surface area contributed by atoms with Crippen LogP contribution in [0.15, 0.2) is 34.6 Å². The largest absolute Gasteiger partial charge is 0.454 e. The van der Waals surface area contributed by atoms with E-state index < -0.39 is 21.8 Å². The van der Waals surface area contributed by atoms with Crippen molar-refractivity contribution in [2.45, 2.75) is 6.04 Å². The number of nitrogens with one attached hydrogen (secondary N) is 1. The Morgan fingerprint density at radius 2 is 2.14 bits per heavy atom. The van der Waals surface area contributed by atoms with Gasteiger partial charge in [-0.2, -0.15) is 0 Å². The van der Waals surface area contributed by atoms with Gasteiger partial charge >= 0.3 is 0 Å². The molecular formula is C17H14N2O6S3. The minimum atomic E-state index is -3.27. The summed E-state index contributed by atoms with van der Waals surface area (Å²) in [5.41, 5.74) is 0.746. The van der Waals surface area contributed by atoms with E-state index in [0.29, 0.717) is 16.4 Å². The first-order valence-corrected chi connectivity index (χ1v) is 11.1. The van der Waals surface area contributed by atoms with Crippen molar-refractivity contribution in [3.8, 4) is 11.5 Å². The van der Waals surface area contributed by atoms with Gasteiger partial charge in [-0.05, 0) is 29.8 Å². The van der Waals surface area contributed by atoms with Crippen LogP contribution in [-0.2, 0) is 19.4 Å². The predicted molar refractivity (Wildman–Crippen MR) is 107 cm³/mol. The second kappa shape index (κ2) is 7.22. The van der Waals surface area contributed by atoms with Gasteiger partial charge in [-0.15, -0.1) is 0 Å². The lowest BCUT2D eigenvalue weighted by Gasteiger charge is -2.16. The maximum absolute atomic E-state index is 12.6. The van der Waals surface area contributed by atoms with E-state index in [1.807, 2.05) is 0 Å². The van der Waals surface area contributed by atoms with Gasteiger partial charge in [0.1, 0.15) is 10.9 Å². The standard InChI is InChI=1S/C17H14N2O6S3/c20-15(18-11-3-4-28(22,23)8-11)7-19-16(21)14(27-17(19)26)6-10-1-2-12-13(5-10)25-9-24-12/h1-6,11H,7-9H2,(H,18,20)/b14-6-. The Kier molecular flexibility index (Phi) is 4.89. The lowest BCUT2D eigenvalue weighted by atomic mass is 10.2. The molecule has 3 heterocycles. The molecule has 146 valence electrons. The highest BCUT2D eigenvalue weighted by Gasteiger charge is 2.34. The Balaban J connectivity index is 1.42. The molecular weight excluding hydrogens is 424 g/mol. The van der Waals surface area contributed by atoms with Crippen LogP contribution < -0.4 is 14.8 Å². The molecule has 1 aromatic rings. The van der Waals surface area contributed by atoms with Gasteiger partial charge in [-0.1, -0.05) is 30.0 Å². The lowest BCUT2D eigenvalue weighted by molar-refractivity contribution is -0.128. The molecule has 1 fully saturated rings. The molecule has 1 saturated heterocycles. The summed E-state index contributed by atoms with van der Waals surface area (Å²) >= 11 is 6.32. The number of hydrogen-bond acceptors (Lipinski definition) is 8. The highest BCUT2D eigenvalue weighted by atomic mass is 32.2. The zero-order valence-electron chi connectivity index (χ0n) is 14.3. The third kappa shape index (κ3) is 3.91. The number of ether oxygens (including phenoxy) is 2. The van der Waals surface area contributed by atoms with Crippen LogP contribution in [0.5, 0.6) is 11.5 Å². The Morgan fingerprint density at radius 3 is 2.89 bits per heavy atom. The summed E-state index contributed by atoms with van der Waals surface area (Å²) < 4.78 is 33.7. The number of hydrogen-bond donors (Lipinski definition) is 1. The summed E-state index contributed by atoms with van der Waals surface area (Å²) in [6.07, 6.45) is 3.09. The topological polar surface area (TPSA) is 102 Å².